The Hall–Kier alpha value is -3.58. The molecule has 0 bridgehead atoms. The van der Waals surface area contributed by atoms with Crippen LogP contribution in [-0.4, -0.2) is 82.7 Å². The number of aliphatic hydroxyl groups is 1. The average Bonchev–Trinajstić information content (AvgIpc) is 2.96. The Bertz CT molecular complexity index is 1330. The minimum absolute atomic E-state index is 0.0671. The van der Waals surface area contributed by atoms with E-state index >= 15 is 0 Å². The average molecular weight is 570 g/mol. The van der Waals surface area contributed by atoms with Crippen LogP contribution in [0.5, 0.6) is 0 Å². The van der Waals surface area contributed by atoms with Crippen LogP contribution in [0.15, 0.2) is 36.4 Å². The lowest BCUT2D eigenvalue weighted by Gasteiger charge is -2.34. The quantitative estimate of drug-likeness (QED) is 0.406. The van der Waals surface area contributed by atoms with E-state index in [9.17, 15) is 9.90 Å². The third-order valence-corrected chi connectivity index (χ3v) is 6.90. The molecule has 1 aromatic carbocycles. The van der Waals surface area contributed by atoms with Crippen molar-refractivity contribution in [3.63, 3.8) is 0 Å². The number of benzene rings is 1. The predicted octanol–water partition coefficient (Wildman–Crippen LogP) is 3.28. The van der Waals surface area contributed by atoms with Gasteiger partial charge in [0, 0.05) is 36.5 Å². The second-order valence-electron chi connectivity index (χ2n) is 9.70. The van der Waals surface area contributed by atoms with Gasteiger partial charge in [0.1, 0.15) is 18.2 Å². The molecular formula is C27H32ClN7O5. The number of aliphatic hydroxyl groups excluding tert-OH is 1. The summed E-state index contributed by atoms with van der Waals surface area (Å²) in [5.74, 6) is 1.90. The Morgan fingerprint density at radius 1 is 0.975 bits per heavy atom. The molecule has 2 aliphatic rings. The number of morpholine rings is 2. The zero-order chi connectivity index (χ0) is 28.1. The van der Waals surface area contributed by atoms with Crippen LogP contribution in [-0.2, 0) is 27.4 Å². The number of anilines is 3. The molecule has 1 amide bonds. The van der Waals surface area contributed by atoms with E-state index in [2.05, 4.69) is 37.0 Å². The molecule has 0 radical (unpaired) electrons. The van der Waals surface area contributed by atoms with Gasteiger partial charge in [0.2, 0.25) is 5.28 Å². The summed E-state index contributed by atoms with van der Waals surface area (Å²) in [6.07, 6.45) is -0.633. The molecular weight excluding hydrogens is 538 g/mol. The number of rotatable bonds is 7. The number of hydrogen-bond donors (Lipinski definition) is 2. The molecule has 2 saturated heterocycles. The molecule has 2 aromatic heterocycles. The van der Waals surface area contributed by atoms with Gasteiger partial charge < -0.3 is 29.1 Å². The maximum absolute atomic E-state index is 12.5. The molecule has 0 aliphatic carbocycles. The fourth-order valence-electron chi connectivity index (χ4n) is 4.64. The second-order valence-corrected chi connectivity index (χ2v) is 10.0. The Morgan fingerprint density at radius 2 is 1.60 bits per heavy atom. The molecule has 40 heavy (non-hydrogen) atoms. The number of hydrogen-bond acceptors (Lipinski definition) is 11. The first-order valence-electron chi connectivity index (χ1n) is 13.1. The molecule has 2 fully saturated rings. The van der Waals surface area contributed by atoms with Crippen molar-refractivity contribution in [2.75, 3.05) is 54.6 Å². The summed E-state index contributed by atoms with van der Waals surface area (Å²) in [5, 5.41) is 12.6. The highest BCUT2D eigenvalue weighted by Crippen LogP contribution is 2.25. The molecule has 2 atom stereocenters. The standard InChI is InChI=1S/C27H32ClN7O5/c1-17-14-38-9-7-34(17)23-11-21(13-36)29-25(32-23)19-3-5-20(6-4-19)31-27(37)40-16-22-12-24(33-26(28)30-22)35-8-10-39-15-18(35)2/h3-6,11-12,17-18,36H,7-10,13-16H2,1-2H3,(H,31,37)/t17-,18-/m0/s1. The lowest BCUT2D eigenvalue weighted by atomic mass is 10.2. The zero-order valence-corrected chi connectivity index (χ0v) is 23.2. The SMILES string of the molecule is C[C@H]1COCCN1c1cc(COC(=O)Nc2ccc(-c3nc(CO)cc(N4CCOC[C@@H]4C)n3)cc2)nc(Cl)n1. The van der Waals surface area contributed by atoms with Crippen LogP contribution in [0.25, 0.3) is 11.4 Å². The van der Waals surface area contributed by atoms with Crippen molar-refractivity contribution < 1.29 is 24.1 Å². The smallest absolute Gasteiger partial charge is 0.412 e. The normalized spacial score (nSPS) is 19.4. The summed E-state index contributed by atoms with van der Waals surface area (Å²) in [4.78, 5) is 34.5. The van der Waals surface area contributed by atoms with Gasteiger partial charge >= 0.3 is 6.09 Å². The highest BCUT2D eigenvalue weighted by Gasteiger charge is 2.23. The van der Waals surface area contributed by atoms with E-state index in [-0.39, 0.29) is 30.6 Å². The molecule has 5 rings (SSSR count). The highest BCUT2D eigenvalue weighted by molar-refractivity contribution is 6.28. The van der Waals surface area contributed by atoms with Crippen molar-refractivity contribution in [1.29, 1.82) is 0 Å². The van der Waals surface area contributed by atoms with Gasteiger partial charge in [-0.15, -0.1) is 0 Å². The Balaban J connectivity index is 1.22. The first-order chi connectivity index (χ1) is 19.4. The Kier molecular flexibility index (Phi) is 8.90. The Labute approximate surface area is 237 Å². The van der Waals surface area contributed by atoms with Gasteiger partial charge in [0.05, 0.1) is 56.5 Å². The summed E-state index contributed by atoms with van der Waals surface area (Å²) >= 11 is 6.14. The van der Waals surface area contributed by atoms with Crippen molar-refractivity contribution in [1.82, 2.24) is 19.9 Å². The molecule has 12 nitrogen and oxygen atoms in total. The van der Waals surface area contributed by atoms with Gasteiger partial charge in [-0.1, -0.05) is 0 Å². The molecule has 2 aliphatic heterocycles. The van der Waals surface area contributed by atoms with Gasteiger partial charge in [-0.3, -0.25) is 5.32 Å². The molecule has 3 aromatic rings. The van der Waals surface area contributed by atoms with Gasteiger partial charge in [-0.2, -0.15) is 0 Å². The number of nitrogens with one attached hydrogen (secondary N) is 1. The van der Waals surface area contributed by atoms with Crippen LogP contribution in [0.3, 0.4) is 0 Å². The zero-order valence-electron chi connectivity index (χ0n) is 22.4. The number of aromatic nitrogens is 4. The topological polar surface area (TPSA) is 135 Å². The summed E-state index contributed by atoms with van der Waals surface area (Å²) in [5.41, 5.74) is 2.31. The van der Waals surface area contributed by atoms with Crippen molar-refractivity contribution in [2.24, 2.45) is 0 Å². The van der Waals surface area contributed by atoms with Gasteiger partial charge in [-0.25, -0.2) is 24.7 Å². The van der Waals surface area contributed by atoms with Crippen molar-refractivity contribution in [3.05, 3.63) is 53.1 Å². The van der Waals surface area contributed by atoms with Crippen molar-refractivity contribution >= 4 is 35.0 Å². The van der Waals surface area contributed by atoms with E-state index < -0.39 is 6.09 Å². The van der Waals surface area contributed by atoms with Crippen LogP contribution in [0.4, 0.5) is 22.1 Å². The van der Waals surface area contributed by atoms with Crippen LogP contribution >= 0.6 is 11.6 Å². The van der Waals surface area contributed by atoms with Gasteiger partial charge in [0.25, 0.3) is 0 Å². The maximum Gasteiger partial charge on any atom is 0.412 e. The summed E-state index contributed by atoms with van der Waals surface area (Å²) < 4.78 is 16.4. The lowest BCUT2D eigenvalue weighted by Crippen LogP contribution is -2.44. The van der Waals surface area contributed by atoms with E-state index in [0.29, 0.717) is 68.2 Å². The number of ether oxygens (including phenoxy) is 3. The molecule has 4 heterocycles. The molecule has 0 saturated carbocycles. The lowest BCUT2D eigenvalue weighted by molar-refractivity contribution is 0.0984. The van der Waals surface area contributed by atoms with E-state index in [1.165, 1.54) is 0 Å². The minimum atomic E-state index is -0.633. The highest BCUT2D eigenvalue weighted by atomic mass is 35.5. The van der Waals surface area contributed by atoms with E-state index in [0.717, 1.165) is 11.4 Å². The number of amides is 1. The number of carbonyl (C=O) groups is 1. The van der Waals surface area contributed by atoms with Crippen LogP contribution < -0.4 is 15.1 Å². The largest absolute Gasteiger partial charge is 0.443 e. The summed E-state index contributed by atoms with van der Waals surface area (Å²) in [7, 11) is 0. The van der Waals surface area contributed by atoms with Crippen LogP contribution in [0, 0.1) is 0 Å². The molecule has 212 valence electrons. The second kappa shape index (κ2) is 12.7. The summed E-state index contributed by atoms with van der Waals surface area (Å²) in [6, 6.07) is 11.0. The predicted molar refractivity (Wildman–Crippen MR) is 149 cm³/mol. The number of halogens is 1. The maximum atomic E-state index is 12.5. The molecule has 2 N–H and O–H groups in total. The molecule has 0 spiro atoms. The number of nitrogens with zero attached hydrogens (tertiary/aromatic N) is 6. The van der Waals surface area contributed by atoms with E-state index in [4.69, 9.17) is 30.8 Å². The minimum Gasteiger partial charge on any atom is -0.443 e. The van der Waals surface area contributed by atoms with Crippen molar-refractivity contribution in [3.8, 4) is 11.4 Å². The molecule has 0 unspecified atom stereocenters. The first-order valence-corrected chi connectivity index (χ1v) is 13.5. The number of carbonyl (C=O) groups excluding carboxylic acids is 1. The van der Waals surface area contributed by atoms with E-state index in [1.54, 1.807) is 36.4 Å². The van der Waals surface area contributed by atoms with E-state index in [1.807, 2.05) is 6.92 Å². The van der Waals surface area contributed by atoms with Crippen LogP contribution in [0.1, 0.15) is 25.2 Å². The summed E-state index contributed by atoms with van der Waals surface area (Å²) in [6.45, 7) is 7.69. The van der Waals surface area contributed by atoms with Crippen molar-refractivity contribution in [2.45, 2.75) is 39.1 Å². The van der Waals surface area contributed by atoms with Crippen LogP contribution in [0.2, 0.25) is 5.28 Å². The third-order valence-electron chi connectivity index (χ3n) is 6.73. The third kappa shape index (κ3) is 6.76. The van der Waals surface area contributed by atoms with Gasteiger partial charge in [-0.05, 0) is 49.7 Å². The first kappa shape index (κ1) is 28.0. The monoisotopic (exact) mass is 569 g/mol. The fraction of sp³-hybridized carbons (Fsp3) is 0.444. The fourth-order valence-corrected chi connectivity index (χ4v) is 4.84. The molecule has 13 heteroatoms. The Morgan fingerprint density at radius 3 is 2.23 bits per heavy atom. The van der Waals surface area contributed by atoms with Gasteiger partial charge in [0.15, 0.2) is 5.82 Å².